The van der Waals surface area contributed by atoms with E-state index in [2.05, 4.69) is 25.9 Å². The Morgan fingerprint density at radius 3 is 2.53 bits per heavy atom. The number of aromatic nitrogens is 7. The van der Waals surface area contributed by atoms with Crippen LogP contribution < -0.4 is 5.32 Å². The number of amides is 1. The fourth-order valence-electron chi connectivity index (χ4n) is 3.41. The van der Waals surface area contributed by atoms with E-state index < -0.39 is 0 Å². The molecule has 3 aromatic heterocycles. The number of tetrazole rings is 1. The van der Waals surface area contributed by atoms with Crippen LogP contribution in [0, 0.1) is 5.82 Å². The van der Waals surface area contributed by atoms with Gasteiger partial charge in [0.25, 0.3) is 5.91 Å². The molecule has 5 aromatic rings. The lowest BCUT2D eigenvalue weighted by atomic mass is 10.2. The van der Waals surface area contributed by atoms with Crippen molar-refractivity contribution in [3.63, 3.8) is 0 Å². The van der Waals surface area contributed by atoms with Gasteiger partial charge in [0, 0.05) is 30.7 Å². The Morgan fingerprint density at radius 2 is 1.81 bits per heavy atom. The number of halogens is 1. The summed E-state index contributed by atoms with van der Waals surface area (Å²) in [5, 5.41) is 18.8. The van der Waals surface area contributed by atoms with Crippen molar-refractivity contribution < 1.29 is 9.18 Å². The molecule has 0 radical (unpaired) electrons. The number of carbonyl (C=O) groups is 1. The average Bonchev–Trinajstić information content (AvgIpc) is 3.55. The first-order chi connectivity index (χ1) is 15.6. The molecule has 32 heavy (non-hydrogen) atoms. The summed E-state index contributed by atoms with van der Waals surface area (Å²) in [7, 11) is 1.74. The van der Waals surface area contributed by atoms with Gasteiger partial charge in [0.2, 0.25) is 0 Å². The lowest BCUT2D eigenvalue weighted by Gasteiger charge is -2.11. The van der Waals surface area contributed by atoms with E-state index in [4.69, 9.17) is 0 Å². The first-order valence-corrected chi connectivity index (χ1v) is 9.71. The van der Waals surface area contributed by atoms with Crippen molar-refractivity contribution in [1.82, 2.24) is 34.6 Å². The largest absolute Gasteiger partial charge is 0.322 e. The van der Waals surface area contributed by atoms with Gasteiger partial charge < -0.3 is 9.88 Å². The first kappa shape index (κ1) is 19.4. The van der Waals surface area contributed by atoms with Crippen LogP contribution in [0.1, 0.15) is 10.4 Å². The van der Waals surface area contributed by atoms with Crippen LogP contribution in [0.5, 0.6) is 0 Å². The molecule has 0 spiro atoms. The minimum Gasteiger partial charge on any atom is -0.322 e. The van der Waals surface area contributed by atoms with Gasteiger partial charge in [-0.3, -0.25) is 4.79 Å². The number of nitrogens with zero attached hydrogens (tertiary/aromatic N) is 7. The Bertz CT molecular complexity index is 1390. The number of hydrogen-bond donors (Lipinski definition) is 1. The van der Waals surface area contributed by atoms with Crippen LogP contribution in [0.25, 0.3) is 22.9 Å². The summed E-state index contributed by atoms with van der Waals surface area (Å²) < 4.78 is 18.3. The maximum atomic E-state index is 13.4. The maximum Gasteiger partial charge on any atom is 0.261 e. The van der Waals surface area contributed by atoms with E-state index in [0.717, 1.165) is 5.56 Å². The van der Waals surface area contributed by atoms with E-state index >= 15 is 0 Å². The maximum absolute atomic E-state index is 13.4. The second-order valence-electron chi connectivity index (χ2n) is 7.02. The van der Waals surface area contributed by atoms with Gasteiger partial charge in [0.05, 0.1) is 11.9 Å². The molecule has 0 aliphatic carbocycles. The van der Waals surface area contributed by atoms with Crippen molar-refractivity contribution in [3.05, 3.63) is 90.6 Å². The molecule has 158 valence electrons. The van der Waals surface area contributed by atoms with Crippen molar-refractivity contribution in [2.45, 2.75) is 0 Å². The predicted octanol–water partition coefficient (Wildman–Crippen LogP) is 3.24. The van der Waals surface area contributed by atoms with E-state index in [9.17, 15) is 9.18 Å². The highest BCUT2D eigenvalue weighted by atomic mass is 19.1. The third kappa shape index (κ3) is 3.54. The molecule has 1 N–H and O–H groups in total. The van der Waals surface area contributed by atoms with Crippen LogP contribution in [-0.2, 0) is 7.05 Å². The fourth-order valence-corrected chi connectivity index (χ4v) is 3.41. The van der Waals surface area contributed by atoms with E-state index in [1.807, 2.05) is 36.7 Å². The summed E-state index contributed by atoms with van der Waals surface area (Å²) in [5.74, 6) is 0.431. The first-order valence-electron chi connectivity index (χ1n) is 9.71. The monoisotopic (exact) mass is 428 g/mol. The van der Waals surface area contributed by atoms with Crippen molar-refractivity contribution in [2.75, 3.05) is 5.32 Å². The van der Waals surface area contributed by atoms with Crippen LogP contribution in [0.3, 0.4) is 0 Å². The van der Waals surface area contributed by atoms with Gasteiger partial charge in [-0.2, -0.15) is 5.10 Å². The minimum atomic E-state index is -0.348. The van der Waals surface area contributed by atoms with E-state index in [-0.39, 0.29) is 11.7 Å². The second-order valence-corrected chi connectivity index (χ2v) is 7.02. The molecule has 0 aliphatic heterocycles. The summed E-state index contributed by atoms with van der Waals surface area (Å²) in [5.41, 5.74) is 2.34. The summed E-state index contributed by atoms with van der Waals surface area (Å²) >= 11 is 0. The lowest BCUT2D eigenvalue weighted by Crippen LogP contribution is -2.15. The fraction of sp³-hybridized carbons (Fsp3) is 0.0455. The van der Waals surface area contributed by atoms with Gasteiger partial charge in [-0.25, -0.2) is 13.8 Å². The zero-order valence-corrected chi connectivity index (χ0v) is 16.9. The topological polar surface area (TPSA) is 95.5 Å². The molecule has 0 unspecified atom stereocenters. The number of hydrogen-bond acceptors (Lipinski definition) is 5. The number of anilines is 1. The highest BCUT2D eigenvalue weighted by Crippen LogP contribution is 2.23. The number of aryl methyl sites for hydroxylation is 1. The molecule has 0 aliphatic rings. The molecule has 3 heterocycles. The summed E-state index contributed by atoms with van der Waals surface area (Å²) in [6, 6.07) is 16.9. The summed E-state index contributed by atoms with van der Waals surface area (Å²) in [4.78, 5) is 13.2. The molecule has 9 nitrogen and oxygen atoms in total. The van der Waals surface area contributed by atoms with Gasteiger partial charge >= 0.3 is 0 Å². The number of rotatable bonds is 5. The Hall–Kier alpha value is -4.60. The quantitative estimate of drug-likeness (QED) is 0.464. The van der Waals surface area contributed by atoms with Gasteiger partial charge in [-0.05, 0) is 59.0 Å². The average molecular weight is 428 g/mol. The molecule has 10 heteroatoms. The number of nitrogens with one attached hydrogen (secondary N) is 1. The number of benzene rings is 2. The van der Waals surface area contributed by atoms with E-state index in [1.165, 1.54) is 18.3 Å². The molecule has 1 amide bonds. The van der Waals surface area contributed by atoms with Crippen LogP contribution >= 0.6 is 0 Å². The third-order valence-corrected chi connectivity index (χ3v) is 4.91. The van der Waals surface area contributed by atoms with Crippen LogP contribution in [-0.4, -0.2) is 40.5 Å². The van der Waals surface area contributed by atoms with Crippen molar-refractivity contribution in [2.24, 2.45) is 7.05 Å². The molecule has 0 saturated carbocycles. The smallest absolute Gasteiger partial charge is 0.261 e. The van der Waals surface area contributed by atoms with E-state index in [0.29, 0.717) is 28.6 Å². The molecular weight excluding hydrogens is 411 g/mol. The summed E-state index contributed by atoms with van der Waals surface area (Å²) in [6.07, 6.45) is 5.12. The van der Waals surface area contributed by atoms with E-state index in [1.54, 1.807) is 45.2 Å². The Morgan fingerprint density at radius 1 is 1.03 bits per heavy atom. The third-order valence-electron chi connectivity index (χ3n) is 4.91. The van der Waals surface area contributed by atoms with Crippen LogP contribution in [0.4, 0.5) is 10.1 Å². The van der Waals surface area contributed by atoms with Gasteiger partial charge in [0.15, 0.2) is 11.6 Å². The van der Waals surface area contributed by atoms with Crippen molar-refractivity contribution in [3.8, 4) is 22.9 Å². The molecule has 0 atom stereocenters. The SMILES string of the molecule is Cn1nnnc1-c1cccc(NC(=O)c2cnn(-c3ccc(F)cc3)c2-n2cccc2)c1. The molecule has 5 rings (SSSR count). The number of carbonyl (C=O) groups excluding carboxylic acids is 1. The zero-order chi connectivity index (χ0) is 22.1. The highest BCUT2D eigenvalue weighted by Gasteiger charge is 2.20. The Labute approximate surface area is 181 Å². The molecular formula is C22H17FN8O. The molecule has 0 saturated heterocycles. The molecule has 2 aromatic carbocycles. The van der Waals surface area contributed by atoms with Crippen LogP contribution in [0.15, 0.2) is 79.3 Å². The van der Waals surface area contributed by atoms with Crippen molar-refractivity contribution >= 4 is 11.6 Å². The lowest BCUT2D eigenvalue weighted by molar-refractivity contribution is 0.102. The van der Waals surface area contributed by atoms with Crippen LogP contribution in [0.2, 0.25) is 0 Å². The Kier molecular flexibility index (Phi) is 4.79. The van der Waals surface area contributed by atoms with Crippen molar-refractivity contribution in [1.29, 1.82) is 0 Å². The molecule has 0 bridgehead atoms. The van der Waals surface area contributed by atoms with Gasteiger partial charge in [0.1, 0.15) is 11.4 Å². The molecule has 0 fully saturated rings. The Balaban J connectivity index is 1.51. The predicted molar refractivity (Wildman–Crippen MR) is 115 cm³/mol. The summed E-state index contributed by atoms with van der Waals surface area (Å²) in [6.45, 7) is 0. The second kappa shape index (κ2) is 7.91. The normalized spacial score (nSPS) is 10.9. The highest BCUT2D eigenvalue weighted by molar-refractivity contribution is 6.06. The minimum absolute atomic E-state index is 0.338. The van der Waals surface area contributed by atoms with Gasteiger partial charge in [-0.15, -0.1) is 5.10 Å². The standard InChI is InChI=1S/C22H17FN8O/c1-29-20(26-27-28-29)15-5-4-6-17(13-15)25-21(32)19-14-24-31(18-9-7-16(23)8-10-18)22(19)30-11-2-3-12-30/h2-14H,1H3,(H,25,32). The zero-order valence-electron chi connectivity index (χ0n) is 16.9. The van der Waals surface area contributed by atoms with Gasteiger partial charge in [-0.1, -0.05) is 12.1 Å².